The van der Waals surface area contributed by atoms with Crippen molar-refractivity contribution in [2.75, 3.05) is 31.1 Å². The van der Waals surface area contributed by atoms with Gasteiger partial charge in [0.1, 0.15) is 0 Å². The first-order valence-corrected chi connectivity index (χ1v) is 7.64. The zero-order chi connectivity index (χ0) is 15.2. The standard InChI is InChI=1S/C12H17N5O3S/c1-2-4-21-5-3-13-12(20)16-6-9(7-16)17-8-10(11(18)19)14-15-17/h2,8-9H,1,3-7H2,(H,13,20)(H,18,19). The molecule has 0 bridgehead atoms. The van der Waals surface area contributed by atoms with Crippen LogP contribution in [0.3, 0.4) is 0 Å². The van der Waals surface area contributed by atoms with Gasteiger partial charge >= 0.3 is 12.0 Å². The Kier molecular flexibility index (Phi) is 5.20. The zero-order valence-corrected chi connectivity index (χ0v) is 12.3. The first-order chi connectivity index (χ1) is 10.1. The number of thioether (sulfide) groups is 1. The minimum atomic E-state index is -1.10. The molecule has 1 aliphatic heterocycles. The summed E-state index contributed by atoms with van der Waals surface area (Å²) in [6.07, 6.45) is 3.21. The average Bonchev–Trinajstić information content (AvgIpc) is 2.86. The molecule has 9 heteroatoms. The molecule has 8 nitrogen and oxygen atoms in total. The lowest BCUT2D eigenvalue weighted by Crippen LogP contribution is -2.54. The Labute approximate surface area is 126 Å². The van der Waals surface area contributed by atoms with Crippen LogP contribution in [-0.4, -0.2) is 68.1 Å². The average molecular weight is 311 g/mol. The number of nitrogens with one attached hydrogen (secondary N) is 1. The summed E-state index contributed by atoms with van der Waals surface area (Å²) in [5.41, 5.74) is -0.0860. The molecule has 2 N–H and O–H groups in total. The molecule has 21 heavy (non-hydrogen) atoms. The van der Waals surface area contributed by atoms with Crippen molar-refractivity contribution in [1.82, 2.24) is 25.2 Å². The fourth-order valence-corrected chi connectivity index (χ4v) is 2.43. The maximum absolute atomic E-state index is 11.8. The van der Waals surface area contributed by atoms with Crippen LogP contribution in [0.5, 0.6) is 0 Å². The van der Waals surface area contributed by atoms with E-state index < -0.39 is 5.97 Å². The van der Waals surface area contributed by atoms with Gasteiger partial charge in [-0.15, -0.1) is 11.7 Å². The highest BCUT2D eigenvalue weighted by Gasteiger charge is 2.32. The summed E-state index contributed by atoms with van der Waals surface area (Å²) in [6.45, 7) is 5.26. The van der Waals surface area contributed by atoms with E-state index in [9.17, 15) is 9.59 Å². The highest BCUT2D eigenvalue weighted by Crippen LogP contribution is 2.20. The van der Waals surface area contributed by atoms with E-state index in [0.29, 0.717) is 19.6 Å². The molecule has 0 spiro atoms. The Bertz CT molecular complexity index is 527. The third-order valence-electron chi connectivity index (χ3n) is 3.01. The SMILES string of the molecule is C=CCSCCNC(=O)N1CC(n2cc(C(=O)O)nn2)C1. The molecular weight excluding hydrogens is 294 g/mol. The lowest BCUT2D eigenvalue weighted by molar-refractivity contribution is 0.0690. The molecule has 0 aliphatic carbocycles. The molecule has 1 aromatic rings. The molecule has 114 valence electrons. The summed E-state index contributed by atoms with van der Waals surface area (Å²) in [5, 5.41) is 18.9. The molecule has 0 atom stereocenters. The molecule has 1 aromatic heterocycles. The van der Waals surface area contributed by atoms with Gasteiger partial charge in [-0.1, -0.05) is 11.3 Å². The molecule has 0 aromatic carbocycles. The summed E-state index contributed by atoms with van der Waals surface area (Å²) in [5.74, 6) is 0.618. The number of likely N-dealkylation sites (tertiary alicyclic amines) is 1. The Hall–Kier alpha value is -2.03. The van der Waals surface area contributed by atoms with Crippen molar-refractivity contribution in [2.24, 2.45) is 0 Å². The van der Waals surface area contributed by atoms with Crippen LogP contribution in [0.15, 0.2) is 18.9 Å². The van der Waals surface area contributed by atoms with E-state index in [0.717, 1.165) is 11.5 Å². The van der Waals surface area contributed by atoms with Gasteiger partial charge in [0.25, 0.3) is 0 Å². The maximum atomic E-state index is 11.8. The number of hydrogen-bond donors (Lipinski definition) is 2. The number of amides is 2. The first kappa shape index (κ1) is 15.4. The molecule has 2 rings (SSSR count). The van der Waals surface area contributed by atoms with Crippen molar-refractivity contribution in [3.05, 3.63) is 24.5 Å². The van der Waals surface area contributed by atoms with Crippen LogP contribution in [0.1, 0.15) is 16.5 Å². The van der Waals surface area contributed by atoms with E-state index in [-0.39, 0.29) is 17.8 Å². The van der Waals surface area contributed by atoms with Gasteiger partial charge in [-0.2, -0.15) is 11.8 Å². The fourth-order valence-electron chi connectivity index (χ4n) is 1.85. The lowest BCUT2D eigenvalue weighted by atomic mass is 10.1. The van der Waals surface area contributed by atoms with Crippen molar-refractivity contribution in [3.8, 4) is 0 Å². The van der Waals surface area contributed by atoms with E-state index in [1.165, 1.54) is 10.9 Å². The number of rotatable bonds is 7. The van der Waals surface area contributed by atoms with Gasteiger partial charge in [0, 0.05) is 31.1 Å². The van der Waals surface area contributed by atoms with Crippen molar-refractivity contribution < 1.29 is 14.7 Å². The number of carbonyl (C=O) groups excluding carboxylic acids is 1. The Balaban J connectivity index is 1.69. The number of carboxylic acids is 1. The van der Waals surface area contributed by atoms with E-state index in [1.807, 2.05) is 6.08 Å². The number of hydrogen-bond acceptors (Lipinski definition) is 5. The number of aromatic carboxylic acids is 1. The van der Waals surface area contributed by atoms with Crippen molar-refractivity contribution >= 4 is 23.8 Å². The third-order valence-corrected chi connectivity index (χ3v) is 3.98. The summed E-state index contributed by atoms with van der Waals surface area (Å²) in [6, 6.07) is -0.115. The number of aromatic nitrogens is 3. The Morgan fingerprint density at radius 3 is 2.95 bits per heavy atom. The molecular formula is C12H17N5O3S. The minimum Gasteiger partial charge on any atom is -0.476 e. The molecule has 0 radical (unpaired) electrons. The van der Waals surface area contributed by atoms with Gasteiger partial charge in [0.15, 0.2) is 5.69 Å². The van der Waals surface area contributed by atoms with Gasteiger partial charge in [0.2, 0.25) is 0 Å². The van der Waals surface area contributed by atoms with Crippen LogP contribution in [-0.2, 0) is 0 Å². The highest BCUT2D eigenvalue weighted by atomic mass is 32.2. The first-order valence-electron chi connectivity index (χ1n) is 6.48. The molecule has 1 saturated heterocycles. The third kappa shape index (κ3) is 3.97. The number of urea groups is 1. The molecule has 0 unspecified atom stereocenters. The number of carbonyl (C=O) groups is 2. The van der Waals surface area contributed by atoms with Gasteiger partial charge in [0.05, 0.1) is 12.2 Å². The minimum absolute atomic E-state index is 0.00788. The van der Waals surface area contributed by atoms with Crippen molar-refractivity contribution in [1.29, 1.82) is 0 Å². The smallest absolute Gasteiger partial charge is 0.358 e. The maximum Gasteiger partial charge on any atom is 0.358 e. The van der Waals surface area contributed by atoms with Crippen LogP contribution in [0, 0.1) is 0 Å². The van der Waals surface area contributed by atoms with E-state index in [2.05, 4.69) is 22.2 Å². The van der Waals surface area contributed by atoms with Crippen LogP contribution in [0.4, 0.5) is 4.79 Å². The monoisotopic (exact) mass is 311 g/mol. The quantitative estimate of drug-likeness (QED) is 0.560. The normalized spacial score (nSPS) is 14.6. The largest absolute Gasteiger partial charge is 0.476 e. The second-order valence-corrected chi connectivity index (χ2v) is 5.69. The molecule has 1 aliphatic rings. The number of nitrogens with zero attached hydrogens (tertiary/aromatic N) is 4. The molecule has 0 saturated carbocycles. The lowest BCUT2D eigenvalue weighted by Gasteiger charge is -2.38. The predicted molar refractivity (Wildman–Crippen MR) is 78.5 cm³/mol. The van der Waals surface area contributed by atoms with Crippen LogP contribution in [0.25, 0.3) is 0 Å². The van der Waals surface area contributed by atoms with Crippen molar-refractivity contribution in [2.45, 2.75) is 6.04 Å². The second-order valence-electron chi connectivity index (χ2n) is 4.54. The van der Waals surface area contributed by atoms with Gasteiger partial charge in [-0.25, -0.2) is 14.3 Å². The van der Waals surface area contributed by atoms with Gasteiger partial charge in [-0.05, 0) is 0 Å². The predicted octanol–water partition coefficient (Wildman–Crippen LogP) is 0.462. The van der Waals surface area contributed by atoms with E-state index in [4.69, 9.17) is 5.11 Å². The van der Waals surface area contributed by atoms with Crippen molar-refractivity contribution in [3.63, 3.8) is 0 Å². The van der Waals surface area contributed by atoms with E-state index in [1.54, 1.807) is 16.7 Å². The summed E-state index contributed by atoms with van der Waals surface area (Å²) >= 11 is 1.71. The van der Waals surface area contributed by atoms with Crippen LogP contribution < -0.4 is 5.32 Å². The highest BCUT2D eigenvalue weighted by molar-refractivity contribution is 7.99. The number of carboxylic acid groups (broad SMARTS) is 1. The molecule has 2 amide bonds. The Morgan fingerprint density at radius 2 is 2.33 bits per heavy atom. The molecule has 2 heterocycles. The van der Waals surface area contributed by atoms with Gasteiger partial charge < -0.3 is 15.3 Å². The fraction of sp³-hybridized carbons (Fsp3) is 0.500. The van der Waals surface area contributed by atoms with Crippen LogP contribution in [0.2, 0.25) is 0 Å². The zero-order valence-electron chi connectivity index (χ0n) is 11.4. The molecule has 1 fully saturated rings. The summed E-state index contributed by atoms with van der Waals surface area (Å²) in [7, 11) is 0. The Morgan fingerprint density at radius 1 is 1.57 bits per heavy atom. The second kappa shape index (κ2) is 7.11. The topological polar surface area (TPSA) is 100 Å². The van der Waals surface area contributed by atoms with Crippen LogP contribution >= 0.6 is 11.8 Å². The summed E-state index contributed by atoms with van der Waals surface area (Å²) in [4.78, 5) is 24.2. The summed E-state index contributed by atoms with van der Waals surface area (Å²) < 4.78 is 1.49. The van der Waals surface area contributed by atoms with Gasteiger partial charge in [-0.3, -0.25) is 0 Å². The van der Waals surface area contributed by atoms with E-state index >= 15 is 0 Å².